The van der Waals surface area contributed by atoms with Crippen LogP contribution in [0.4, 0.5) is 17.6 Å². The van der Waals surface area contributed by atoms with Gasteiger partial charge in [-0.25, -0.2) is 17.6 Å². The van der Waals surface area contributed by atoms with E-state index in [1.54, 1.807) is 0 Å². The number of nitrogens with two attached hydrogens (primary N) is 1. The number of alkyl halides is 1. The van der Waals surface area contributed by atoms with Crippen molar-refractivity contribution < 1.29 is 17.6 Å². The summed E-state index contributed by atoms with van der Waals surface area (Å²) in [5, 5.41) is 0. The second-order valence-corrected chi connectivity index (χ2v) is 2.55. The van der Waals surface area contributed by atoms with Crippen LogP contribution in [0, 0.1) is 17.5 Å². The van der Waals surface area contributed by atoms with Crippen LogP contribution < -0.4 is 5.73 Å². The van der Waals surface area contributed by atoms with Gasteiger partial charge in [0.05, 0.1) is 6.04 Å². The molecule has 1 rings (SSSR count). The molecule has 1 aromatic carbocycles. The molecule has 0 aliphatic heterocycles. The zero-order chi connectivity index (χ0) is 10.0. The lowest BCUT2D eigenvalue weighted by Crippen LogP contribution is -2.14. The molecule has 0 aliphatic carbocycles. The molecule has 1 aromatic rings. The second kappa shape index (κ2) is 3.74. The lowest BCUT2D eigenvalue weighted by Gasteiger charge is -2.08. The maximum absolute atomic E-state index is 12.8. The van der Waals surface area contributed by atoms with Crippen molar-refractivity contribution in [1.82, 2.24) is 0 Å². The molecule has 0 heterocycles. The summed E-state index contributed by atoms with van der Waals surface area (Å²) in [5.74, 6) is -3.59. The Kier molecular flexibility index (Phi) is 2.87. The van der Waals surface area contributed by atoms with E-state index in [9.17, 15) is 17.6 Å². The van der Waals surface area contributed by atoms with E-state index in [4.69, 9.17) is 5.73 Å². The van der Waals surface area contributed by atoms with E-state index in [1.165, 1.54) is 0 Å². The Labute approximate surface area is 72.2 Å². The molecule has 2 N–H and O–H groups in total. The Morgan fingerprint density at radius 1 is 1.08 bits per heavy atom. The molecule has 13 heavy (non-hydrogen) atoms. The minimum Gasteiger partial charge on any atom is -0.322 e. The van der Waals surface area contributed by atoms with Gasteiger partial charge in [0.15, 0.2) is 11.6 Å². The molecular weight excluding hydrogens is 186 g/mol. The van der Waals surface area contributed by atoms with E-state index in [2.05, 4.69) is 0 Å². The van der Waals surface area contributed by atoms with Crippen LogP contribution in [0.2, 0.25) is 0 Å². The predicted molar refractivity (Wildman–Crippen MR) is 39.2 cm³/mol. The molecule has 0 saturated heterocycles. The molecule has 0 amide bonds. The van der Waals surface area contributed by atoms with Crippen LogP contribution in [0.25, 0.3) is 0 Å². The average Bonchev–Trinajstić information content (AvgIpc) is 2.10. The van der Waals surface area contributed by atoms with E-state index >= 15 is 0 Å². The third kappa shape index (κ3) is 1.98. The SMILES string of the molecule is NC(CF)c1cc(F)c(F)cc1F. The van der Waals surface area contributed by atoms with Crippen molar-refractivity contribution in [3.63, 3.8) is 0 Å². The summed E-state index contributed by atoms with van der Waals surface area (Å²) in [6.45, 7) is -1.03. The molecule has 1 unspecified atom stereocenters. The molecule has 0 aromatic heterocycles. The highest BCUT2D eigenvalue weighted by molar-refractivity contribution is 5.23. The summed E-state index contributed by atoms with van der Waals surface area (Å²) in [6, 6.07) is -0.343. The first-order chi connectivity index (χ1) is 6.06. The van der Waals surface area contributed by atoms with Gasteiger partial charge in [-0.1, -0.05) is 0 Å². The molecule has 5 heteroatoms. The van der Waals surface area contributed by atoms with Gasteiger partial charge in [0, 0.05) is 11.6 Å². The van der Waals surface area contributed by atoms with Gasteiger partial charge >= 0.3 is 0 Å². The predicted octanol–water partition coefficient (Wildman–Crippen LogP) is 2.07. The maximum Gasteiger partial charge on any atom is 0.161 e. The zero-order valence-electron chi connectivity index (χ0n) is 6.53. The lowest BCUT2D eigenvalue weighted by atomic mass is 10.1. The quantitative estimate of drug-likeness (QED) is 0.564. The third-order valence-corrected chi connectivity index (χ3v) is 1.61. The first-order valence-electron chi connectivity index (χ1n) is 3.52. The third-order valence-electron chi connectivity index (χ3n) is 1.61. The molecule has 0 bridgehead atoms. The highest BCUT2D eigenvalue weighted by Gasteiger charge is 2.15. The normalized spacial score (nSPS) is 13.0. The Morgan fingerprint density at radius 3 is 2.15 bits per heavy atom. The fourth-order valence-electron chi connectivity index (χ4n) is 0.905. The van der Waals surface area contributed by atoms with Crippen molar-refractivity contribution in [3.8, 4) is 0 Å². The molecule has 0 radical (unpaired) electrons. The van der Waals surface area contributed by atoms with Crippen LogP contribution in [-0.2, 0) is 0 Å². The van der Waals surface area contributed by atoms with Gasteiger partial charge in [-0.2, -0.15) is 0 Å². The molecule has 1 nitrogen and oxygen atoms in total. The summed E-state index contributed by atoms with van der Waals surface area (Å²) in [7, 11) is 0. The standard InChI is InChI=1S/C8H7F4N/c9-3-8(13)4-1-6(11)7(12)2-5(4)10/h1-2,8H,3,13H2. The van der Waals surface area contributed by atoms with E-state index in [0.717, 1.165) is 0 Å². The summed E-state index contributed by atoms with van der Waals surface area (Å²) in [6.07, 6.45) is 0. The highest BCUT2D eigenvalue weighted by atomic mass is 19.2. The van der Waals surface area contributed by atoms with Gasteiger partial charge in [-0.3, -0.25) is 0 Å². The summed E-state index contributed by atoms with van der Waals surface area (Å²) in [5.41, 5.74) is 4.75. The van der Waals surface area contributed by atoms with Crippen LogP contribution in [0.5, 0.6) is 0 Å². The van der Waals surface area contributed by atoms with Crippen molar-refractivity contribution in [1.29, 1.82) is 0 Å². The number of halogens is 4. The maximum atomic E-state index is 12.8. The summed E-state index contributed by atoms with van der Waals surface area (Å²) in [4.78, 5) is 0. The van der Waals surface area contributed by atoms with E-state index < -0.39 is 30.2 Å². The van der Waals surface area contributed by atoms with Crippen molar-refractivity contribution in [3.05, 3.63) is 35.1 Å². The van der Waals surface area contributed by atoms with Gasteiger partial charge in [0.25, 0.3) is 0 Å². The van der Waals surface area contributed by atoms with Crippen molar-refractivity contribution >= 4 is 0 Å². The Balaban J connectivity index is 3.15. The van der Waals surface area contributed by atoms with Crippen LogP contribution in [0.3, 0.4) is 0 Å². The molecular formula is C8H7F4N. The molecule has 0 saturated carbocycles. The fourth-order valence-corrected chi connectivity index (χ4v) is 0.905. The Morgan fingerprint density at radius 2 is 1.62 bits per heavy atom. The van der Waals surface area contributed by atoms with Crippen molar-refractivity contribution in [2.24, 2.45) is 5.73 Å². The zero-order valence-corrected chi connectivity index (χ0v) is 6.53. The minimum absolute atomic E-state index is 0.347. The Bertz CT molecular complexity index is 313. The second-order valence-electron chi connectivity index (χ2n) is 2.55. The fraction of sp³-hybridized carbons (Fsp3) is 0.250. The molecule has 72 valence electrons. The van der Waals surface area contributed by atoms with Crippen LogP contribution in [-0.4, -0.2) is 6.67 Å². The number of benzene rings is 1. The minimum atomic E-state index is -1.31. The number of hydrogen-bond donors (Lipinski definition) is 1. The van der Waals surface area contributed by atoms with Crippen LogP contribution >= 0.6 is 0 Å². The van der Waals surface area contributed by atoms with Gasteiger partial charge in [-0.05, 0) is 6.07 Å². The molecule has 0 spiro atoms. The van der Waals surface area contributed by atoms with Crippen molar-refractivity contribution in [2.75, 3.05) is 6.67 Å². The van der Waals surface area contributed by atoms with Crippen LogP contribution in [0.1, 0.15) is 11.6 Å². The summed E-state index contributed by atoms with van der Waals surface area (Å²) >= 11 is 0. The first-order valence-corrected chi connectivity index (χ1v) is 3.52. The van der Waals surface area contributed by atoms with E-state index in [1.807, 2.05) is 0 Å². The largest absolute Gasteiger partial charge is 0.322 e. The summed E-state index contributed by atoms with van der Waals surface area (Å²) < 4.78 is 49.7. The smallest absolute Gasteiger partial charge is 0.161 e. The lowest BCUT2D eigenvalue weighted by molar-refractivity contribution is 0.420. The first kappa shape index (κ1) is 9.98. The van der Waals surface area contributed by atoms with Gasteiger partial charge < -0.3 is 5.73 Å². The molecule has 0 aliphatic rings. The van der Waals surface area contributed by atoms with Gasteiger partial charge in [0.2, 0.25) is 0 Å². The van der Waals surface area contributed by atoms with E-state index in [-0.39, 0.29) is 5.56 Å². The Hall–Kier alpha value is -1.10. The topological polar surface area (TPSA) is 26.0 Å². The number of rotatable bonds is 2. The van der Waals surface area contributed by atoms with Crippen LogP contribution in [0.15, 0.2) is 12.1 Å². The monoisotopic (exact) mass is 193 g/mol. The number of hydrogen-bond acceptors (Lipinski definition) is 1. The highest BCUT2D eigenvalue weighted by Crippen LogP contribution is 2.19. The van der Waals surface area contributed by atoms with Gasteiger partial charge in [-0.15, -0.1) is 0 Å². The van der Waals surface area contributed by atoms with E-state index in [0.29, 0.717) is 12.1 Å². The molecule has 0 fully saturated rings. The van der Waals surface area contributed by atoms with Gasteiger partial charge in [0.1, 0.15) is 12.5 Å². The van der Waals surface area contributed by atoms with Crippen molar-refractivity contribution in [2.45, 2.75) is 6.04 Å². The average molecular weight is 193 g/mol. The molecule has 1 atom stereocenters.